The van der Waals surface area contributed by atoms with Crippen molar-refractivity contribution in [3.8, 4) is 0 Å². The molecule has 20 heavy (non-hydrogen) atoms. The smallest absolute Gasteiger partial charge is 0.0615 e. The molecule has 0 amide bonds. The molecule has 0 fully saturated rings. The first-order valence-corrected chi connectivity index (χ1v) is 7.45. The maximum absolute atomic E-state index is 8.59. The van der Waals surface area contributed by atoms with Gasteiger partial charge >= 0.3 is 0 Å². The van der Waals surface area contributed by atoms with Gasteiger partial charge in [-0.1, -0.05) is 59.3 Å². The Morgan fingerprint density at radius 1 is 0.800 bits per heavy atom. The molecule has 0 rings (SSSR count). The Hall–Kier alpha value is -1.34. The number of hydrogen-bond acceptors (Lipinski definition) is 1. The van der Waals surface area contributed by atoms with Crippen LogP contribution < -0.4 is 0 Å². The molecular weight excluding hydrogens is 244 g/mol. The third-order valence-electron chi connectivity index (χ3n) is 2.97. The lowest BCUT2D eigenvalue weighted by Crippen LogP contribution is -1.80. The molecule has 0 aromatic rings. The van der Waals surface area contributed by atoms with Crippen LogP contribution in [0.3, 0.4) is 0 Å². The number of hydrogen-bond donors (Lipinski definition) is 1. The van der Waals surface area contributed by atoms with Crippen LogP contribution in [0.15, 0.2) is 59.3 Å². The fourth-order valence-electron chi connectivity index (χ4n) is 1.74. The van der Waals surface area contributed by atoms with Gasteiger partial charge in [0.25, 0.3) is 0 Å². The summed E-state index contributed by atoms with van der Waals surface area (Å²) in [6, 6.07) is 0. The summed E-state index contributed by atoms with van der Waals surface area (Å²) >= 11 is 0. The average Bonchev–Trinajstić information content (AvgIpc) is 2.38. The predicted octanol–water partition coefficient (Wildman–Crippen LogP) is 5.51. The van der Waals surface area contributed by atoms with Crippen molar-refractivity contribution in [3.63, 3.8) is 0 Å². The van der Waals surface area contributed by atoms with E-state index >= 15 is 0 Å². The van der Waals surface area contributed by atoms with Gasteiger partial charge in [-0.05, 0) is 53.4 Å². The average molecular weight is 274 g/mol. The Morgan fingerprint density at radius 3 is 2.10 bits per heavy atom. The molecule has 112 valence electrons. The lowest BCUT2D eigenvalue weighted by atomic mass is 10.1. The molecular formula is C19H30O. The Balaban J connectivity index is 3.96. The summed E-state index contributed by atoms with van der Waals surface area (Å²) in [6.07, 6.45) is 18.9. The van der Waals surface area contributed by atoms with Gasteiger partial charge in [0.2, 0.25) is 0 Å². The standard InChI is InChI=1S/C19H30O/c1-17(2)11-9-13-19(4)15-10-14-18(3)12-7-5-6-8-16-20/h5-8,11-12,15,20H,9-10,13-14,16H2,1-4H3/b7-5+,8-6-,18-12-,19-15+. The zero-order valence-corrected chi connectivity index (χ0v) is 13.5. The minimum atomic E-state index is 0.101. The highest BCUT2D eigenvalue weighted by atomic mass is 16.2. The van der Waals surface area contributed by atoms with E-state index in [2.05, 4.69) is 45.9 Å². The van der Waals surface area contributed by atoms with E-state index in [9.17, 15) is 0 Å². The van der Waals surface area contributed by atoms with Crippen molar-refractivity contribution in [1.82, 2.24) is 0 Å². The van der Waals surface area contributed by atoms with E-state index < -0.39 is 0 Å². The number of allylic oxidation sites excluding steroid dienone is 9. The summed E-state index contributed by atoms with van der Waals surface area (Å²) in [4.78, 5) is 0. The van der Waals surface area contributed by atoms with Crippen LogP contribution in [0, 0.1) is 0 Å². The summed E-state index contributed by atoms with van der Waals surface area (Å²) in [5.41, 5.74) is 4.27. The third kappa shape index (κ3) is 13.1. The van der Waals surface area contributed by atoms with Crippen LogP contribution in [0.5, 0.6) is 0 Å². The van der Waals surface area contributed by atoms with Gasteiger partial charge in [0.1, 0.15) is 0 Å². The van der Waals surface area contributed by atoms with Gasteiger partial charge in [-0.3, -0.25) is 0 Å². The first-order valence-electron chi connectivity index (χ1n) is 7.45. The SMILES string of the molecule is CC(C)=CCC/C(C)=C/CC\C(C)=C/C=C/C=C\CO. The van der Waals surface area contributed by atoms with Crippen molar-refractivity contribution in [3.05, 3.63) is 59.3 Å². The van der Waals surface area contributed by atoms with Gasteiger partial charge in [-0.2, -0.15) is 0 Å². The topological polar surface area (TPSA) is 20.2 Å². The molecule has 0 aliphatic carbocycles. The van der Waals surface area contributed by atoms with E-state index in [-0.39, 0.29) is 6.61 Å². The minimum Gasteiger partial charge on any atom is -0.392 e. The monoisotopic (exact) mass is 274 g/mol. The molecule has 0 aliphatic rings. The van der Waals surface area contributed by atoms with Gasteiger partial charge in [0.05, 0.1) is 6.61 Å². The van der Waals surface area contributed by atoms with Crippen LogP contribution in [0.2, 0.25) is 0 Å². The summed E-state index contributed by atoms with van der Waals surface area (Å²) in [7, 11) is 0. The minimum absolute atomic E-state index is 0.101. The second kappa shape index (κ2) is 12.7. The van der Waals surface area contributed by atoms with Crippen molar-refractivity contribution in [2.75, 3.05) is 6.61 Å². The summed E-state index contributed by atoms with van der Waals surface area (Å²) in [5, 5.41) is 8.59. The summed E-state index contributed by atoms with van der Waals surface area (Å²) < 4.78 is 0. The van der Waals surface area contributed by atoms with Crippen molar-refractivity contribution in [1.29, 1.82) is 0 Å². The highest BCUT2D eigenvalue weighted by Crippen LogP contribution is 2.11. The molecule has 0 unspecified atom stereocenters. The Labute approximate surface area is 125 Å². The third-order valence-corrected chi connectivity index (χ3v) is 2.97. The molecule has 0 aromatic carbocycles. The van der Waals surface area contributed by atoms with E-state index in [0.29, 0.717) is 0 Å². The zero-order valence-electron chi connectivity index (χ0n) is 13.5. The van der Waals surface area contributed by atoms with Crippen LogP contribution in [0.25, 0.3) is 0 Å². The van der Waals surface area contributed by atoms with E-state index in [1.54, 1.807) is 6.08 Å². The fourth-order valence-corrected chi connectivity index (χ4v) is 1.74. The summed E-state index contributed by atoms with van der Waals surface area (Å²) in [5.74, 6) is 0. The molecule has 0 spiro atoms. The van der Waals surface area contributed by atoms with Crippen LogP contribution in [-0.4, -0.2) is 11.7 Å². The normalized spacial score (nSPS) is 13.4. The fraction of sp³-hybridized carbons (Fsp3) is 0.474. The molecule has 0 aliphatic heterocycles. The molecule has 0 atom stereocenters. The Kier molecular flexibility index (Phi) is 11.8. The number of aliphatic hydroxyl groups excluding tert-OH is 1. The van der Waals surface area contributed by atoms with E-state index in [1.165, 1.54) is 23.1 Å². The largest absolute Gasteiger partial charge is 0.392 e. The molecule has 0 aromatic heterocycles. The molecule has 1 nitrogen and oxygen atoms in total. The second-order valence-electron chi connectivity index (χ2n) is 5.42. The van der Waals surface area contributed by atoms with Crippen molar-refractivity contribution in [2.24, 2.45) is 0 Å². The molecule has 1 N–H and O–H groups in total. The van der Waals surface area contributed by atoms with Crippen LogP contribution in [0.1, 0.15) is 53.4 Å². The van der Waals surface area contributed by atoms with Crippen LogP contribution in [0.4, 0.5) is 0 Å². The summed E-state index contributed by atoms with van der Waals surface area (Å²) in [6.45, 7) is 8.78. The van der Waals surface area contributed by atoms with Crippen LogP contribution >= 0.6 is 0 Å². The van der Waals surface area contributed by atoms with Crippen molar-refractivity contribution < 1.29 is 5.11 Å². The Morgan fingerprint density at radius 2 is 1.45 bits per heavy atom. The number of rotatable bonds is 9. The molecule has 0 saturated carbocycles. The van der Waals surface area contributed by atoms with Gasteiger partial charge in [0.15, 0.2) is 0 Å². The van der Waals surface area contributed by atoms with E-state index in [4.69, 9.17) is 5.11 Å². The van der Waals surface area contributed by atoms with Gasteiger partial charge < -0.3 is 5.11 Å². The molecule has 1 heteroatoms. The first kappa shape index (κ1) is 18.7. The lowest BCUT2D eigenvalue weighted by molar-refractivity contribution is 0.343. The van der Waals surface area contributed by atoms with Crippen LogP contribution in [-0.2, 0) is 0 Å². The molecule has 0 saturated heterocycles. The van der Waals surface area contributed by atoms with Gasteiger partial charge in [-0.25, -0.2) is 0 Å². The van der Waals surface area contributed by atoms with Crippen molar-refractivity contribution >= 4 is 0 Å². The lowest BCUT2D eigenvalue weighted by Gasteiger charge is -2.00. The maximum Gasteiger partial charge on any atom is 0.0615 e. The van der Waals surface area contributed by atoms with E-state index in [1.807, 2.05) is 18.2 Å². The van der Waals surface area contributed by atoms with Gasteiger partial charge in [-0.15, -0.1) is 0 Å². The number of aliphatic hydroxyl groups is 1. The zero-order chi connectivity index (χ0) is 15.2. The van der Waals surface area contributed by atoms with E-state index in [0.717, 1.165) is 19.3 Å². The highest BCUT2D eigenvalue weighted by Gasteiger charge is 1.91. The predicted molar refractivity (Wildman–Crippen MR) is 90.8 cm³/mol. The Bertz CT molecular complexity index is 388. The molecule has 0 radical (unpaired) electrons. The quantitative estimate of drug-likeness (QED) is 0.434. The maximum atomic E-state index is 8.59. The van der Waals surface area contributed by atoms with Crippen molar-refractivity contribution in [2.45, 2.75) is 53.4 Å². The molecule has 0 heterocycles. The van der Waals surface area contributed by atoms with Gasteiger partial charge in [0, 0.05) is 0 Å². The highest BCUT2D eigenvalue weighted by molar-refractivity contribution is 5.16. The first-order chi connectivity index (χ1) is 9.56. The molecule has 0 bridgehead atoms. The second-order valence-corrected chi connectivity index (χ2v) is 5.42.